The van der Waals surface area contributed by atoms with Crippen LogP contribution >= 0.6 is 0 Å². The molecule has 0 fully saturated rings. The second-order valence-corrected chi connectivity index (χ2v) is 5.04. The molecule has 0 bridgehead atoms. The van der Waals surface area contributed by atoms with E-state index in [4.69, 9.17) is 0 Å². The summed E-state index contributed by atoms with van der Waals surface area (Å²) in [6.45, 7) is 4.58. The van der Waals surface area contributed by atoms with E-state index in [1.54, 1.807) is 24.3 Å². The molecule has 20 heavy (non-hydrogen) atoms. The van der Waals surface area contributed by atoms with Gasteiger partial charge in [-0.05, 0) is 48.2 Å². The Morgan fingerprint density at radius 1 is 1.00 bits per heavy atom. The van der Waals surface area contributed by atoms with Gasteiger partial charge in [-0.2, -0.15) is 0 Å². The fourth-order valence-electron chi connectivity index (χ4n) is 1.98. The maximum absolute atomic E-state index is 11.9. The van der Waals surface area contributed by atoms with Crippen LogP contribution in [-0.2, 0) is 17.8 Å². The molecule has 3 nitrogen and oxygen atoms in total. The molecule has 0 aliphatic rings. The van der Waals surface area contributed by atoms with E-state index in [0.29, 0.717) is 13.0 Å². The third kappa shape index (κ3) is 3.85. The first-order valence-corrected chi connectivity index (χ1v) is 6.65. The van der Waals surface area contributed by atoms with Crippen molar-refractivity contribution in [2.24, 2.45) is 0 Å². The Balaban J connectivity index is 1.89. The van der Waals surface area contributed by atoms with Crippen LogP contribution in [0.15, 0.2) is 42.5 Å². The van der Waals surface area contributed by atoms with Gasteiger partial charge in [0.25, 0.3) is 0 Å². The average Bonchev–Trinajstić information content (AvgIpc) is 2.42. The van der Waals surface area contributed by atoms with E-state index < -0.39 is 0 Å². The number of aryl methyl sites for hydroxylation is 2. The fraction of sp³-hybridized carbons (Fsp3) is 0.235. The van der Waals surface area contributed by atoms with Gasteiger partial charge < -0.3 is 10.4 Å². The molecule has 0 radical (unpaired) electrons. The minimum atomic E-state index is 0.00123. The Kier molecular flexibility index (Phi) is 4.41. The highest BCUT2D eigenvalue weighted by atomic mass is 16.3. The molecule has 0 atom stereocenters. The molecule has 0 unspecified atom stereocenters. The highest BCUT2D eigenvalue weighted by Crippen LogP contribution is 2.11. The number of aromatic hydroxyl groups is 1. The van der Waals surface area contributed by atoms with Crippen molar-refractivity contribution in [1.29, 1.82) is 0 Å². The third-order valence-corrected chi connectivity index (χ3v) is 3.36. The van der Waals surface area contributed by atoms with Gasteiger partial charge in [0, 0.05) is 6.54 Å². The monoisotopic (exact) mass is 269 g/mol. The molecular weight excluding hydrogens is 250 g/mol. The highest BCUT2D eigenvalue weighted by molar-refractivity contribution is 5.78. The van der Waals surface area contributed by atoms with Crippen molar-refractivity contribution >= 4 is 5.91 Å². The number of benzene rings is 2. The lowest BCUT2D eigenvalue weighted by atomic mass is 10.0. The van der Waals surface area contributed by atoms with Crippen molar-refractivity contribution in [2.45, 2.75) is 26.8 Å². The molecule has 0 aliphatic heterocycles. The summed E-state index contributed by atoms with van der Waals surface area (Å²) in [5, 5.41) is 12.1. The third-order valence-electron chi connectivity index (χ3n) is 3.36. The van der Waals surface area contributed by atoms with Gasteiger partial charge in [-0.15, -0.1) is 0 Å². The first kappa shape index (κ1) is 14.1. The first-order chi connectivity index (χ1) is 9.54. The molecular formula is C17H19NO2. The number of hydrogen-bond donors (Lipinski definition) is 2. The Morgan fingerprint density at radius 3 is 2.30 bits per heavy atom. The quantitative estimate of drug-likeness (QED) is 0.896. The summed E-state index contributed by atoms with van der Waals surface area (Å²) in [6.07, 6.45) is 0.388. The fourth-order valence-corrected chi connectivity index (χ4v) is 1.98. The van der Waals surface area contributed by atoms with E-state index in [0.717, 1.165) is 11.1 Å². The number of hydrogen-bond acceptors (Lipinski definition) is 2. The standard InChI is InChI=1S/C17H19NO2/c1-12-3-4-15(9-13(12)2)10-17(20)18-11-14-5-7-16(19)8-6-14/h3-9,19H,10-11H2,1-2H3,(H,18,20). The Bertz CT molecular complexity index is 603. The summed E-state index contributed by atoms with van der Waals surface area (Å²) in [4.78, 5) is 11.9. The summed E-state index contributed by atoms with van der Waals surface area (Å²) in [7, 11) is 0. The van der Waals surface area contributed by atoms with E-state index in [1.807, 2.05) is 19.1 Å². The summed E-state index contributed by atoms with van der Waals surface area (Å²) >= 11 is 0. The molecule has 0 aliphatic carbocycles. The van der Waals surface area contributed by atoms with Crippen LogP contribution in [0, 0.1) is 13.8 Å². The van der Waals surface area contributed by atoms with Gasteiger partial charge >= 0.3 is 0 Å². The lowest BCUT2D eigenvalue weighted by Crippen LogP contribution is -2.24. The van der Waals surface area contributed by atoms with Crippen LogP contribution in [-0.4, -0.2) is 11.0 Å². The van der Waals surface area contributed by atoms with Gasteiger partial charge in [-0.25, -0.2) is 0 Å². The molecule has 0 saturated heterocycles. The molecule has 2 aromatic rings. The van der Waals surface area contributed by atoms with Crippen molar-refractivity contribution in [3.8, 4) is 5.75 Å². The number of amides is 1. The molecule has 0 spiro atoms. The van der Waals surface area contributed by atoms with Crippen molar-refractivity contribution in [2.75, 3.05) is 0 Å². The Hall–Kier alpha value is -2.29. The van der Waals surface area contributed by atoms with Crippen molar-refractivity contribution in [3.05, 3.63) is 64.7 Å². The first-order valence-electron chi connectivity index (χ1n) is 6.65. The number of phenolic OH excluding ortho intramolecular Hbond substituents is 1. The zero-order chi connectivity index (χ0) is 14.5. The van der Waals surface area contributed by atoms with Crippen molar-refractivity contribution in [3.63, 3.8) is 0 Å². The zero-order valence-corrected chi connectivity index (χ0v) is 11.8. The molecule has 3 heteroatoms. The lowest BCUT2D eigenvalue weighted by Gasteiger charge is -2.07. The molecule has 2 N–H and O–H groups in total. The minimum Gasteiger partial charge on any atom is -0.508 e. The second kappa shape index (κ2) is 6.24. The molecule has 0 aromatic heterocycles. The van der Waals surface area contributed by atoms with Gasteiger partial charge in [-0.1, -0.05) is 30.3 Å². The zero-order valence-electron chi connectivity index (χ0n) is 11.8. The summed E-state index contributed by atoms with van der Waals surface area (Å²) in [5.74, 6) is 0.233. The number of carbonyl (C=O) groups excluding carboxylic acids is 1. The van der Waals surface area contributed by atoms with Crippen LogP contribution in [0.2, 0.25) is 0 Å². The van der Waals surface area contributed by atoms with E-state index in [2.05, 4.69) is 18.3 Å². The molecule has 0 heterocycles. The van der Waals surface area contributed by atoms with Crippen LogP contribution in [0.1, 0.15) is 22.3 Å². The Labute approximate surface area is 119 Å². The molecule has 0 saturated carbocycles. The normalized spacial score (nSPS) is 10.3. The minimum absolute atomic E-state index is 0.00123. The van der Waals surface area contributed by atoms with E-state index in [-0.39, 0.29) is 11.7 Å². The number of nitrogens with one attached hydrogen (secondary N) is 1. The maximum atomic E-state index is 11.9. The van der Waals surface area contributed by atoms with Crippen LogP contribution in [0.5, 0.6) is 5.75 Å². The van der Waals surface area contributed by atoms with E-state index in [9.17, 15) is 9.90 Å². The average molecular weight is 269 g/mol. The largest absolute Gasteiger partial charge is 0.508 e. The predicted molar refractivity (Wildman–Crippen MR) is 79.6 cm³/mol. The van der Waals surface area contributed by atoms with Crippen LogP contribution in [0.25, 0.3) is 0 Å². The van der Waals surface area contributed by atoms with E-state index >= 15 is 0 Å². The number of carbonyl (C=O) groups is 1. The van der Waals surface area contributed by atoms with Gasteiger partial charge in [-0.3, -0.25) is 4.79 Å². The maximum Gasteiger partial charge on any atom is 0.224 e. The van der Waals surface area contributed by atoms with Gasteiger partial charge in [0.1, 0.15) is 5.75 Å². The highest BCUT2D eigenvalue weighted by Gasteiger charge is 2.04. The van der Waals surface area contributed by atoms with Gasteiger partial charge in [0.2, 0.25) is 5.91 Å². The summed E-state index contributed by atoms with van der Waals surface area (Å²) in [5.41, 5.74) is 4.43. The van der Waals surface area contributed by atoms with Gasteiger partial charge in [0.15, 0.2) is 0 Å². The molecule has 2 aromatic carbocycles. The number of phenols is 1. The topological polar surface area (TPSA) is 49.3 Å². The van der Waals surface area contributed by atoms with Crippen LogP contribution < -0.4 is 5.32 Å². The van der Waals surface area contributed by atoms with E-state index in [1.165, 1.54) is 11.1 Å². The molecule has 1 amide bonds. The molecule has 2 rings (SSSR count). The predicted octanol–water partition coefficient (Wildman–Crippen LogP) is 2.87. The lowest BCUT2D eigenvalue weighted by molar-refractivity contribution is -0.120. The smallest absolute Gasteiger partial charge is 0.224 e. The van der Waals surface area contributed by atoms with Crippen LogP contribution in [0.4, 0.5) is 0 Å². The van der Waals surface area contributed by atoms with Crippen molar-refractivity contribution < 1.29 is 9.90 Å². The summed E-state index contributed by atoms with van der Waals surface area (Å²) in [6, 6.07) is 12.9. The van der Waals surface area contributed by atoms with Gasteiger partial charge in [0.05, 0.1) is 6.42 Å². The second-order valence-electron chi connectivity index (χ2n) is 5.04. The summed E-state index contributed by atoms with van der Waals surface area (Å²) < 4.78 is 0. The van der Waals surface area contributed by atoms with Crippen molar-refractivity contribution in [1.82, 2.24) is 5.32 Å². The van der Waals surface area contributed by atoms with Crippen LogP contribution in [0.3, 0.4) is 0 Å². The number of rotatable bonds is 4. The Morgan fingerprint density at radius 2 is 1.65 bits per heavy atom. The SMILES string of the molecule is Cc1ccc(CC(=O)NCc2ccc(O)cc2)cc1C. The molecule has 104 valence electrons.